The Morgan fingerprint density at radius 3 is 2.75 bits per heavy atom. The number of hydrogen-bond donors (Lipinski definition) is 1. The minimum Gasteiger partial charge on any atom is -0.450 e. The summed E-state index contributed by atoms with van der Waals surface area (Å²) in [6.45, 7) is 5.29. The van der Waals surface area contributed by atoms with Gasteiger partial charge in [0.1, 0.15) is 5.39 Å². The highest BCUT2D eigenvalue weighted by Crippen LogP contribution is 2.49. The average Bonchev–Trinajstić information content (AvgIpc) is 3.49. The maximum absolute atomic E-state index is 12.7. The number of nitrogens with one attached hydrogen (secondary N) is 1. The van der Waals surface area contributed by atoms with Crippen molar-refractivity contribution in [3.05, 3.63) is 32.4 Å². The molecule has 10 nitrogen and oxygen atoms in total. The Bertz CT molecular complexity index is 1140. The maximum atomic E-state index is 12.7. The van der Waals surface area contributed by atoms with Crippen molar-refractivity contribution in [1.82, 2.24) is 14.9 Å². The number of rotatable bonds is 7. The lowest BCUT2D eigenvalue weighted by molar-refractivity contribution is 0.107. The zero-order valence-corrected chi connectivity index (χ0v) is 18.4. The second-order valence-electron chi connectivity index (χ2n) is 8.74. The summed E-state index contributed by atoms with van der Waals surface area (Å²) in [5.74, 6) is 0. The number of carbonyl (C=O) groups excluding carboxylic acids is 1. The molecule has 10 heteroatoms. The van der Waals surface area contributed by atoms with Crippen molar-refractivity contribution < 1.29 is 18.8 Å². The standard InChI is InChI=1S/C22H28N4O6/c1-3-30-21(29)26-11-6-15(7-12-26)25-32-20-23-18(28)17-14(5-4-8-22(2)9-10-22)13-16(27)31-19(17)24-20/h13H,3-12H2,1-2H3,(H,23,24,28). The highest BCUT2D eigenvalue weighted by atomic mass is 16.6. The van der Waals surface area contributed by atoms with Crippen molar-refractivity contribution in [3.8, 4) is 6.01 Å². The Hall–Kier alpha value is -3.17. The summed E-state index contributed by atoms with van der Waals surface area (Å²) in [4.78, 5) is 50.1. The van der Waals surface area contributed by atoms with Gasteiger partial charge in [0, 0.05) is 32.0 Å². The van der Waals surface area contributed by atoms with Crippen LogP contribution in [-0.2, 0) is 11.2 Å². The molecule has 3 heterocycles. The molecule has 1 aliphatic heterocycles. The first kappa shape index (κ1) is 22.0. The summed E-state index contributed by atoms with van der Waals surface area (Å²) in [6.07, 6.45) is 5.74. The van der Waals surface area contributed by atoms with Crippen molar-refractivity contribution in [3.63, 3.8) is 0 Å². The first-order chi connectivity index (χ1) is 15.4. The van der Waals surface area contributed by atoms with E-state index in [-0.39, 0.29) is 23.2 Å². The topological polar surface area (TPSA) is 127 Å². The monoisotopic (exact) mass is 444 g/mol. The number of aryl methyl sites for hydroxylation is 1. The molecule has 2 fully saturated rings. The minimum absolute atomic E-state index is 0.0544. The molecule has 1 saturated heterocycles. The molecule has 4 rings (SSSR count). The molecule has 1 amide bonds. The molecule has 2 aromatic heterocycles. The van der Waals surface area contributed by atoms with Crippen molar-refractivity contribution in [2.45, 2.75) is 58.8 Å². The van der Waals surface area contributed by atoms with Gasteiger partial charge in [0.15, 0.2) is 0 Å². The third-order valence-corrected chi connectivity index (χ3v) is 6.13. The molecule has 2 aromatic rings. The van der Waals surface area contributed by atoms with E-state index >= 15 is 0 Å². The number of carbonyl (C=O) groups is 1. The first-order valence-electron chi connectivity index (χ1n) is 11.1. The van der Waals surface area contributed by atoms with E-state index in [0.29, 0.717) is 49.9 Å². The number of piperidine rings is 1. The van der Waals surface area contributed by atoms with Crippen LogP contribution >= 0.6 is 0 Å². The van der Waals surface area contributed by atoms with Gasteiger partial charge < -0.3 is 18.9 Å². The van der Waals surface area contributed by atoms with Gasteiger partial charge in [0.05, 0.1) is 12.3 Å². The van der Waals surface area contributed by atoms with Crippen LogP contribution in [0.4, 0.5) is 4.79 Å². The molecular formula is C22H28N4O6. The van der Waals surface area contributed by atoms with Crippen LogP contribution in [0.3, 0.4) is 0 Å². The van der Waals surface area contributed by atoms with Gasteiger partial charge in [-0.05, 0) is 50.0 Å². The van der Waals surface area contributed by atoms with E-state index in [1.54, 1.807) is 11.8 Å². The van der Waals surface area contributed by atoms with E-state index in [2.05, 4.69) is 22.0 Å². The van der Waals surface area contributed by atoms with Gasteiger partial charge in [-0.15, -0.1) is 0 Å². The number of ether oxygens (including phenoxy) is 1. The van der Waals surface area contributed by atoms with Crippen LogP contribution < -0.4 is 16.0 Å². The van der Waals surface area contributed by atoms with Crippen LogP contribution in [0.25, 0.3) is 11.1 Å². The van der Waals surface area contributed by atoms with Crippen molar-refractivity contribution in [2.24, 2.45) is 10.6 Å². The summed E-state index contributed by atoms with van der Waals surface area (Å²) >= 11 is 0. The van der Waals surface area contributed by atoms with Crippen LogP contribution in [-0.4, -0.2) is 46.4 Å². The molecule has 0 atom stereocenters. The maximum Gasteiger partial charge on any atom is 0.409 e. The molecule has 1 N–H and O–H groups in total. The van der Waals surface area contributed by atoms with Crippen LogP contribution in [0.1, 0.15) is 57.9 Å². The number of aromatic nitrogens is 2. The highest BCUT2D eigenvalue weighted by Gasteiger charge is 2.36. The van der Waals surface area contributed by atoms with Gasteiger partial charge in [0.2, 0.25) is 5.71 Å². The molecule has 1 aliphatic carbocycles. The SMILES string of the molecule is CCOC(=O)N1CCC(=NOc2nc3oc(=O)cc(CCCC4(C)CC4)c3c(=O)[nH]2)CC1. The number of amides is 1. The van der Waals surface area contributed by atoms with Gasteiger partial charge in [0.25, 0.3) is 5.56 Å². The summed E-state index contributed by atoms with van der Waals surface area (Å²) in [6, 6.07) is 1.22. The molecule has 0 spiro atoms. The smallest absolute Gasteiger partial charge is 0.409 e. The fourth-order valence-corrected chi connectivity index (χ4v) is 3.90. The Balaban J connectivity index is 1.45. The number of fused-ring (bicyclic) bond motifs is 1. The fourth-order valence-electron chi connectivity index (χ4n) is 3.90. The van der Waals surface area contributed by atoms with Crippen molar-refractivity contribution in [1.29, 1.82) is 0 Å². The summed E-state index contributed by atoms with van der Waals surface area (Å²) < 4.78 is 10.2. The quantitative estimate of drug-likeness (QED) is 0.650. The Labute approximate surface area is 184 Å². The number of likely N-dealkylation sites (tertiary alicyclic amines) is 1. The van der Waals surface area contributed by atoms with Crippen LogP contribution in [0.5, 0.6) is 6.01 Å². The highest BCUT2D eigenvalue weighted by molar-refractivity contribution is 5.86. The van der Waals surface area contributed by atoms with Gasteiger partial charge in [-0.3, -0.25) is 9.78 Å². The van der Waals surface area contributed by atoms with E-state index < -0.39 is 11.2 Å². The largest absolute Gasteiger partial charge is 0.450 e. The first-order valence-corrected chi connectivity index (χ1v) is 11.1. The van der Waals surface area contributed by atoms with E-state index in [0.717, 1.165) is 18.6 Å². The Kier molecular flexibility index (Phi) is 6.29. The molecule has 32 heavy (non-hydrogen) atoms. The van der Waals surface area contributed by atoms with Crippen LogP contribution in [0.15, 0.2) is 25.2 Å². The molecule has 0 bridgehead atoms. The molecule has 0 aromatic carbocycles. The van der Waals surface area contributed by atoms with Gasteiger partial charge in [-0.1, -0.05) is 12.1 Å². The second-order valence-corrected chi connectivity index (χ2v) is 8.74. The van der Waals surface area contributed by atoms with Crippen molar-refractivity contribution in [2.75, 3.05) is 19.7 Å². The third-order valence-electron chi connectivity index (χ3n) is 6.13. The minimum atomic E-state index is -0.549. The molecule has 1 saturated carbocycles. The van der Waals surface area contributed by atoms with E-state index in [1.165, 1.54) is 18.9 Å². The van der Waals surface area contributed by atoms with Crippen molar-refractivity contribution >= 4 is 22.9 Å². The summed E-state index contributed by atoms with van der Waals surface area (Å²) in [5, 5.41) is 4.33. The lowest BCUT2D eigenvalue weighted by atomic mass is 9.98. The lowest BCUT2D eigenvalue weighted by Crippen LogP contribution is -2.39. The molecular weight excluding hydrogens is 416 g/mol. The Morgan fingerprint density at radius 2 is 2.06 bits per heavy atom. The van der Waals surface area contributed by atoms with Gasteiger partial charge in [-0.2, -0.15) is 4.98 Å². The second kappa shape index (κ2) is 9.13. The normalized spacial score (nSPS) is 17.3. The number of H-pyrrole nitrogens is 1. The van der Waals surface area contributed by atoms with Gasteiger partial charge in [-0.25, -0.2) is 9.59 Å². The van der Waals surface area contributed by atoms with E-state index in [9.17, 15) is 14.4 Å². The van der Waals surface area contributed by atoms with E-state index in [4.69, 9.17) is 14.0 Å². The Morgan fingerprint density at radius 1 is 1.31 bits per heavy atom. The average molecular weight is 444 g/mol. The predicted octanol–water partition coefficient (Wildman–Crippen LogP) is 2.99. The number of nitrogens with zero attached hydrogens (tertiary/aromatic N) is 3. The number of aromatic amines is 1. The fraction of sp³-hybridized carbons (Fsp3) is 0.591. The van der Waals surface area contributed by atoms with Gasteiger partial charge >= 0.3 is 17.7 Å². The van der Waals surface area contributed by atoms with E-state index in [1.807, 2.05) is 0 Å². The third kappa shape index (κ3) is 5.17. The molecule has 0 radical (unpaired) electrons. The predicted molar refractivity (Wildman–Crippen MR) is 117 cm³/mol. The molecule has 0 unspecified atom stereocenters. The lowest BCUT2D eigenvalue weighted by Gasteiger charge is -2.26. The number of hydrogen-bond acceptors (Lipinski definition) is 8. The van der Waals surface area contributed by atoms with Crippen LogP contribution in [0, 0.1) is 5.41 Å². The molecule has 2 aliphatic rings. The number of oxime groups is 1. The zero-order chi connectivity index (χ0) is 22.7. The molecule has 172 valence electrons. The van der Waals surface area contributed by atoms with Crippen LogP contribution in [0.2, 0.25) is 0 Å². The summed E-state index contributed by atoms with van der Waals surface area (Å²) in [5.41, 5.74) is 0.745. The zero-order valence-electron chi connectivity index (χ0n) is 18.4. The summed E-state index contributed by atoms with van der Waals surface area (Å²) in [7, 11) is 0.